The van der Waals surface area contributed by atoms with E-state index in [0.717, 1.165) is 12.8 Å². The highest BCUT2D eigenvalue weighted by atomic mass is 35.6. The third kappa shape index (κ3) is 11.9. The molecular weight excluding hydrogens is 280 g/mol. The maximum atomic E-state index is 6.42. The minimum atomic E-state index is -2.97. The second kappa shape index (κ2) is 10.2. The topological polar surface area (TPSA) is 27.7 Å². The summed E-state index contributed by atoms with van der Waals surface area (Å²) in [7, 11) is -2.97. The van der Waals surface area contributed by atoms with Crippen LogP contribution in [0, 0.1) is 17.8 Å². The Bertz CT molecular complexity index is 209. The minimum absolute atomic E-state index is 0.424. The first kappa shape index (κ1) is 19.4. The van der Waals surface area contributed by atoms with Gasteiger partial charge in [0.2, 0.25) is 0 Å². The molecule has 0 fully saturated rings. The highest BCUT2D eigenvalue weighted by molar-refractivity contribution is 7.09. The van der Waals surface area contributed by atoms with Crippen LogP contribution in [0.15, 0.2) is 0 Å². The lowest BCUT2D eigenvalue weighted by Crippen LogP contribution is -2.42. The second-order valence-corrected chi connectivity index (χ2v) is 9.47. The molecule has 0 unspecified atom stereocenters. The highest BCUT2D eigenvalue weighted by Gasteiger charge is 2.40. The summed E-state index contributed by atoms with van der Waals surface area (Å²) in [6.45, 7) is 14.6. The van der Waals surface area contributed by atoms with E-state index in [1.165, 1.54) is 0 Å². The summed E-state index contributed by atoms with van der Waals surface area (Å²) in [4.78, 5) is 0. The largest absolute Gasteiger partial charge is 0.613 e. The molecule has 0 aromatic heterocycles. The van der Waals surface area contributed by atoms with Gasteiger partial charge in [-0.3, -0.25) is 0 Å². The molecular formula is C14H31ClO3Si. The van der Waals surface area contributed by atoms with Crippen LogP contribution in [0.3, 0.4) is 0 Å². The second-order valence-electron chi connectivity index (χ2n) is 6.25. The van der Waals surface area contributed by atoms with Crippen molar-refractivity contribution in [1.29, 1.82) is 0 Å². The molecule has 0 spiro atoms. The number of hydrogen-bond donors (Lipinski definition) is 0. The fourth-order valence-electron chi connectivity index (χ4n) is 1.22. The van der Waals surface area contributed by atoms with E-state index in [0.29, 0.717) is 37.6 Å². The van der Waals surface area contributed by atoms with Gasteiger partial charge in [-0.1, -0.05) is 52.6 Å². The Balaban J connectivity index is 4.18. The molecule has 0 radical (unpaired) electrons. The van der Waals surface area contributed by atoms with E-state index in [1.807, 2.05) is 0 Å². The summed E-state index contributed by atoms with van der Waals surface area (Å²) < 4.78 is 17.2. The molecule has 0 rings (SSSR count). The fourth-order valence-corrected chi connectivity index (χ4v) is 3.38. The third-order valence-electron chi connectivity index (χ3n) is 2.53. The molecule has 0 aliphatic rings. The van der Waals surface area contributed by atoms with Gasteiger partial charge < -0.3 is 13.3 Å². The molecule has 0 aromatic rings. The minimum Gasteiger partial charge on any atom is -0.362 e. The van der Waals surface area contributed by atoms with Crippen molar-refractivity contribution in [2.24, 2.45) is 17.8 Å². The predicted molar refractivity (Wildman–Crippen MR) is 83.2 cm³/mol. The summed E-state index contributed by atoms with van der Waals surface area (Å²) in [6, 6.07) is 0. The van der Waals surface area contributed by atoms with Crippen molar-refractivity contribution in [1.82, 2.24) is 0 Å². The van der Waals surface area contributed by atoms with Gasteiger partial charge in [-0.15, -0.1) is 0 Å². The molecule has 0 aliphatic heterocycles. The first-order valence-corrected chi connectivity index (χ1v) is 10.1. The first-order chi connectivity index (χ1) is 8.75. The Labute approximate surface area is 125 Å². The normalized spacial score (nSPS) is 12.9. The van der Waals surface area contributed by atoms with Crippen LogP contribution >= 0.6 is 11.1 Å². The van der Waals surface area contributed by atoms with Crippen molar-refractivity contribution in [2.75, 3.05) is 19.8 Å². The van der Waals surface area contributed by atoms with Gasteiger partial charge in [0.25, 0.3) is 0 Å². The smallest absolute Gasteiger partial charge is 0.362 e. The lowest BCUT2D eigenvalue weighted by atomic mass is 10.2. The molecule has 3 nitrogen and oxygen atoms in total. The van der Waals surface area contributed by atoms with Crippen LogP contribution < -0.4 is 0 Å². The molecule has 0 aromatic carbocycles. The SMILES string of the molecule is CC(C)CCO[Si](Cl)(OCCC(C)C)OCC(C)C. The first-order valence-electron chi connectivity index (χ1n) is 7.36. The van der Waals surface area contributed by atoms with Crippen molar-refractivity contribution in [3.63, 3.8) is 0 Å². The number of rotatable bonds is 11. The highest BCUT2D eigenvalue weighted by Crippen LogP contribution is 2.19. The fraction of sp³-hybridized carbons (Fsp3) is 1.00. The van der Waals surface area contributed by atoms with Crippen molar-refractivity contribution < 1.29 is 13.3 Å². The molecule has 0 heterocycles. The predicted octanol–water partition coefficient (Wildman–Crippen LogP) is 4.46. The van der Waals surface area contributed by atoms with Gasteiger partial charge >= 0.3 is 8.11 Å². The van der Waals surface area contributed by atoms with E-state index in [4.69, 9.17) is 24.4 Å². The maximum Gasteiger partial charge on any atom is 0.613 e. The van der Waals surface area contributed by atoms with Gasteiger partial charge in [0.1, 0.15) is 0 Å². The van der Waals surface area contributed by atoms with Crippen LogP contribution in [0.5, 0.6) is 0 Å². The van der Waals surface area contributed by atoms with Crippen LogP contribution in [0.1, 0.15) is 54.4 Å². The van der Waals surface area contributed by atoms with Crippen molar-refractivity contribution in [2.45, 2.75) is 54.4 Å². The Morgan fingerprint density at radius 1 is 0.737 bits per heavy atom. The van der Waals surface area contributed by atoms with Gasteiger partial charge in [-0.2, -0.15) is 0 Å². The van der Waals surface area contributed by atoms with Gasteiger partial charge in [0.15, 0.2) is 0 Å². The lowest BCUT2D eigenvalue weighted by molar-refractivity contribution is 0.0662. The van der Waals surface area contributed by atoms with E-state index in [2.05, 4.69) is 41.5 Å². The zero-order valence-electron chi connectivity index (χ0n) is 13.4. The quantitative estimate of drug-likeness (QED) is 0.416. The molecule has 0 saturated carbocycles. The molecule has 116 valence electrons. The van der Waals surface area contributed by atoms with E-state index in [-0.39, 0.29) is 0 Å². The van der Waals surface area contributed by atoms with Crippen LogP contribution in [-0.4, -0.2) is 27.9 Å². The van der Waals surface area contributed by atoms with E-state index in [9.17, 15) is 0 Å². The van der Waals surface area contributed by atoms with Crippen LogP contribution in [0.4, 0.5) is 0 Å². The maximum absolute atomic E-state index is 6.42. The molecule has 0 aliphatic carbocycles. The molecule has 19 heavy (non-hydrogen) atoms. The van der Waals surface area contributed by atoms with Crippen LogP contribution in [-0.2, 0) is 13.3 Å². The molecule has 0 N–H and O–H groups in total. The number of hydrogen-bond acceptors (Lipinski definition) is 3. The van der Waals surface area contributed by atoms with E-state index >= 15 is 0 Å². The summed E-state index contributed by atoms with van der Waals surface area (Å²) in [6.07, 6.45) is 1.94. The van der Waals surface area contributed by atoms with Gasteiger partial charge in [-0.05, 0) is 30.6 Å². The average Bonchev–Trinajstić information content (AvgIpc) is 2.25. The Kier molecular flexibility index (Phi) is 10.4. The van der Waals surface area contributed by atoms with Gasteiger partial charge in [0, 0.05) is 19.8 Å². The van der Waals surface area contributed by atoms with Gasteiger partial charge in [0.05, 0.1) is 0 Å². The molecule has 0 bridgehead atoms. The van der Waals surface area contributed by atoms with Crippen molar-refractivity contribution in [3.05, 3.63) is 0 Å². The summed E-state index contributed by atoms with van der Waals surface area (Å²) in [5.74, 6) is 1.61. The van der Waals surface area contributed by atoms with Crippen molar-refractivity contribution in [3.8, 4) is 0 Å². The summed E-state index contributed by atoms with van der Waals surface area (Å²) in [5, 5.41) is 0. The molecule has 0 atom stereocenters. The Morgan fingerprint density at radius 2 is 1.16 bits per heavy atom. The lowest BCUT2D eigenvalue weighted by Gasteiger charge is -2.25. The zero-order valence-corrected chi connectivity index (χ0v) is 15.1. The average molecular weight is 311 g/mol. The molecule has 0 amide bonds. The van der Waals surface area contributed by atoms with Gasteiger partial charge in [-0.25, -0.2) is 0 Å². The molecule has 5 heteroatoms. The Hall–Kier alpha value is 0.387. The summed E-state index contributed by atoms with van der Waals surface area (Å²) >= 11 is 6.42. The summed E-state index contributed by atoms with van der Waals surface area (Å²) in [5.41, 5.74) is 0. The van der Waals surface area contributed by atoms with E-state index in [1.54, 1.807) is 0 Å². The number of halogens is 1. The standard InChI is InChI=1S/C14H31ClO3Si/c1-12(2)7-9-16-19(15,18-11-14(5)6)17-10-8-13(3)4/h12-14H,7-11H2,1-6H3. The van der Waals surface area contributed by atoms with E-state index < -0.39 is 8.11 Å². The third-order valence-corrected chi connectivity index (χ3v) is 5.12. The molecule has 0 saturated heterocycles. The Morgan fingerprint density at radius 3 is 1.47 bits per heavy atom. The van der Waals surface area contributed by atoms with Crippen molar-refractivity contribution >= 4 is 19.2 Å². The zero-order chi connectivity index (χ0) is 14.9. The monoisotopic (exact) mass is 310 g/mol. The van der Waals surface area contributed by atoms with Crippen LogP contribution in [0.2, 0.25) is 0 Å². The van der Waals surface area contributed by atoms with Crippen LogP contribution in [0.25, 0.3) is 0 Å².